The Kier molecular flexibility index (Phi) is 5.15. The number of carbonyl (C=O) groups excluding carboxylic acids is 1. The fourth-order valence-corrected chi connectivity index (χ4v) is 1.72. The van der Waals surface area contributed by atoms with E-state index in [1.54, 1.807) is 6.92 Å². The highest BCUT2D eigenvalue weighted by molar-refractivity contribution is 6.31. The van der Waals surface area contributed by atoms with Crippen LogP contribution in [0.1, 0.15) is 12.5 Å². The molecule has 0 aliphatic carbocycles. The van der Waals surface area contributed by atoms with Gasteiger partial charge in [-0.1, -0.05) is 11.6 Å². The average molecular weight is 283 g/mol. The molecule has 0 fully saturated rings. The van der Waals surface area contributed by atoms with E-state index in [0.717, 1.165) is 6.07 Å². The van der Waals surface area contributed by atoms with Gasteiger partial charge in [-0.05, 0) is 31.0 Å². The van der Waals surface area contributed by atoms with Crippen molar-refractivity contribution in [1.82, 2.24) is 0 Å². The Morgan fingerprint density at radius 1 is 1.47 bits per heavy atom. The van der Waals surface area contributed by atoms with Gasteiger partial charge in [0.1, 0.15) is 5.38 Å². The van der Waals surface area contributed by atoms with Gasteiger partial charge in [0.25, 0.3) is 0 Å². The molecule has 1 aromatic carbocycles. The molecular weight excluding hydrogens is 273 g/mol. The summed E-state index contributed by atoms with van der Waals surface area (Å²) in [6.07, 6.45) is 0.0251. The van der Waals surface area contributed by atoms with Crippen LogP contribution in [0.3, 0.4) is 0 Å². The minimum absolute atomic E-state index is 0.0251. The summed E-state index contributed by atoms with van der Waals surface area (Å²) in [5, 5.41) is -1.29. The highest BCUT2D eigenvalue weighted by atomic mass is 35.5. The number of carbonyl (C=O) groups is 1. The number of ether oxygens (including phenoxy) is 1. The molecule has 17 heavy (non-hydrogen) atoms. The van der Waals surface area contributed by atoms with E-state index in [9.17, 15) is 13.6 Å². The monoisotopic (exact) mass is 282 g/mol. The molecule has 1 rings (SSSR count). The molecule has 1 aromatic rings. The second-order valence-corrected chi connectivity index (χ2v) is 4.23. The van der Waals surface area contributed by atoms with Crippen LogP contribution in [-0.4, -0.2) is 18.0 Å². The van der Waals surface area contributed by atoms with Crippen LogP contribution < -0.4 is 0 Å². The summed E-state index contributed by atoms with van der Waals surface area (Å²) in [6, 6.07) is 2.18. The molecule has 0 saturated carbocycles. The standard InChI is InChI=1S/C11H10Cl2F2O2/c1-2-17-11(16)8(13)4-6-3-7(12)10(15)9(14)5-6/h3,5,8H,2,4H2,1H3. The van der Waals surface area contributed by atoms with Crippen molar-refractivity contribution >= 4 is 29.2 Å². The van der Waals surface area contributed by atoms with E-state index in [0.29, 0.717) is 5.56 Å². The van der Waals surface area contributed by atoms with Crippen molar-refractivity contribution in [2.75, 3.05) is 6.61 Å². The first-order chi connectivity index (χ1) is 7.95. The van der Waals surface area contributed by atoms with Gasteiger partial charge in [0.05, 0.1) is 11.6 Å². The zero-order valence-electron chi connectivity index (χ0n) is 8.97. The van der Waals surface area contributed by atoms with Crippen LogP contribution in [0.4, 0.5) is 8.78 Å². The number of rotatable bonds is 4. The lowest BCUT2D eigenvalue weighted by Gasteiger charge is -2.09. The van der Waals surface area contributed by atoms with Gasteiger partial charge in [-0.15, -0.1) is 11.6 Å². The maximum absolute atomic E-state index is 13.0. The molecule has 0 saturated heterocycles. The zero-order valence-corrected chi connectivity index (χ0v) is 10.5. The normalized spacial score (nSPS) is 12.3. The third kappa shape index (κ3) is 3.82. The van der Waals surface area contributed by atoms with Gasteiger partial charge < -0.3 is 4.74 Å². The van der Waals surface area contributed by atoms with Crippen LogP contribution >= 0.6 is 23.2 Å². The van der Waals surface area contributed by atoms with Crippen LogP contribution in [0.15, 0.2) is 12.1 Å². The van der Waals surface area contributed by atoms with Gasteiger partial charge in [-0.25, -0.2) is 8.78 Å². The van der Waals surface area contributed by atoms with E-state index < -0.39 is 23.0 Å². The van der Waals surface area contributed by atoms with Crippen molar-refractivity contribution in [2.24, 2.45) is 0 Å². The Labute approximate surface area is 107 Å². The van der Waals surface area contributed by atoms with Crippen LogP contribution in [0.2, 0.25) is 5.02 Å². The molecule has 0 radical (unpaired) electrons. The van der Waals surface area contributed by atoms with Gasteiger partial charge in [0.2, 0.25) is 0 Å². The maximum Gasteiger partial charge on any atom is 0.324 e. The van der Waals surface area contributed by atoms with Crippen LogP contribution in [0.5, 0.6) is 0 Å². The van der Waals surface area contributed by atoms with E-state index in [1.165, 1.54) is 6.07 Å². The fraction of sp³-hybridized carbons (Fsp3) is 0.364. The lowest BCUT2D eigenvalue weighted by atomic mass is 10.1. The summed E-state index contributed by atoms with van der Waals surface area (Å²) >= 11 is 11.2. The number of halogens is 4. The van der Waals surface area contributed by atoms with Crippen LogP contribution in [0, 0.1) is 11.6 Å². The summed E-state index contributed by atoms with van der Waals surface area (Å²) in [4.78, 5) is 11.2. The molecule has 2 nitrogen and oxygen atoms in total. The number of esters is 1. The molecule has 0 aliphatic rings. The zero-order chi connectivity index (χ0) is 13.0. The Morgan fingerprint density at radius 3 is 2.65 bits per heavy atom. The number of alkyl halides is 1. The number of hydrogen-bond donors (Lipinski definition) is 0. The van der Waals surface area contributed by atoms with Crippen molar-refractivity contribution in [3.63, 3.8) is 0 Å². The van der Waals surface area contributed by atoms with Crippen molar-refractivity contribution in [2.45, 2.75) is 18.7 Å². The van der Waals surface area contributed by atoms with Crippen molar-refractivity contribution in [1.29, 1.82) is 0 Å². The third-order valence-corrected chi connectivity index (χ3v) is 2.61. The average Bonchev–Trinajstić information content (AvgIpc) is 2.26. The summed E-state index contributed by atoms with van der Waals surface area (Å²) in [5.74, 6) is -2.78. The molecule has 6 heteroatoms. The van der Waals surface area contributed by atoms with E-state index in [-0.39, 0.29) is 18.1 Å². The second-order valence-electron chi connectivity index (χ2n) is 3.30. The molecule has 1 unspecified atom stereocenters. The van der Waals surface area contributed by atoms with E-state index in [4.69, 9.17) is 23.2 Å². The first kappa shape index (κ1) is 14.2. The van der Waals surface area contributed by atoms with Gasteiger partial charge in [-0.3, -0.25) is 4.79 Å². The van der Waals surface area contributed by atoms with Crippen molar-refractivity contribution in [3.8, 4) is 0 Å². The van der Waals surface area contributed by atoms with Gasteiger partial charge >= 0.3 is 5.97 Å². The Balaban J connectivity index is 2.78. The van der Waals surface area contributed by atoms with Crippen molar-refractivity contribution < 1.29 is 18.3 Å². The first-order valence-electron chi connectivity index (χ1n) is 4.89. The van der Waals surface area contributed by atoms with Gasteiger partial charge in [0, 0.05) is 0 Å². The fourth-order valence-electron chi connectivity index (χ4n) is 1.25. The summed E-state index contributed by atoms with van der Waals surface area (Å²) in [6.45, 7) is 1.86. The number of hydrogen-bond acceptors (Lipinski definition) is 2. The Hall–Kier alpha value is -0.870. The molecular formula is C11H10Cl2F2O2. The third-order valence-electron chi connectivity index (χ3n) is 2.00. The molecule has 0 heterocycles. The molecule has 0 spiro atoms. The summed E-state index contributed by atoms with van der Waals surface area (Å²) in [7, 11) is 0. The first-order valence-corrected chi connectivity index (χ1v) is 5.71. The molecule has 0 amide bonds. The van der Waals surface area contributed by atoms with Crippen LogP contribution in [0.25, 0.3) is 0 Å². The molecule has 94 valence electrons. The van der Waals surface area contributed by atoms with Crippen molar-refractivity contribution in [3.05, 3.63) is 34.4 Å². The maximum atomic E-state index is 13.0. The quantitative estimate of drug-likeness (QED) is 0.481. The molecule has 0 aliphatic heterocycles. The van der Waals surface area contributed by atoms with E-state index >= 15 is 0 Å². The highest BCUT2D eigenvalue weighted by Crippen LogP contribution is 2.21. The summed E-state index contributed by atoms with van der Waals surface area (Å²) < 4.78 is 30.6. The summed E-state index contributed by atoms with van der Waals surface area (Å²) in [5.41, 5.74) is 0.335. The molecule has 0 aromatic heterocycles. The minimum atomic E-state index is -1.11. The lowest BCUT2D eigenvalue weighted by molar-refractivity contribution is -0.142. The van der Waals surface area contributed by atoms with Gasteiger partial charge in [0.15, 0.2) is 11.6 Å². The second kappa shape index (κ2) is 6.17. The Bertz CT molecular complexity index is 401. The predicted molar refractivity (Wildman–Crippen MR) is 61.3 cm³/mol. The van der Waals surface area contributed by atoms with Gasteiger partial charge in [-0.2, -0.15) is 0 Å². The minimum Gasteiger partial charge on any atom is -0.465 e. The lowest BCUT2D eigenvalue weighted by Crippen LogP contribution is -2.20. The Morgan fingerprint density at radius 2 is 2.12 bits per heavy atom. The van der Waals surface area contributed by atoms with Crippen LogP contribution in [-0.2, 0) is 16.0 Å². The molecule has 1 atom stereocenters. The van der Waals surface area contributed by atoms with E-state index in [2.05, 4.69) is 4.74 Å². The molecule has 0 bridgehead atoms. The molecule has 0 N–H and O–H groups in total. The predicted octanol–water partition coefficient (Wildman–Crippen LogP) is 3.33. The highest BCUT2D eigenvalue weighted by Gasteiger charge is 2.18. The smallest absolute Gasteiger partial charge is 0.324 e. The van der Waals surface area contributed by atoms with E-state index in [1.807, 2.05) is 0 Å². The SMILES string of the molecule is CCOC(=O)C(Cl)Cc1cc(F)c(F)c(Cl)c1. The largest absolute Gasteiger partial charge is 0.465 e. The topological polar surface area (TPSA) is 26.3 Å². The number of benzene rings is 1.